The van der Waals surface area contributed by atoms with Gasteiger partial charge in [-0.3, -0.25) is 0 Å². The highest BCUT2D eigenvalue weighted by Gasteiger charge is 2.36. The van der Waals surface area contributed by atoms with Gasteiger partial charge in [0.05, 0.1) is 0 Å². The Kier molecular flexibility index (Phi) is 9.17. The first kappa shape index (κ1) is 20.1. The number of thioether (sulfide) groups is 1. The lowest BCUT2D eigenvalue weighted by atomic mass is 9.73. The first-order valence-corrected chi connectivity index (χ1v) is 9.47. The van der Waals surface area contributed by atoms with E-state index in [9.17, 15) is 0 Å². The van der Waals surface area contributed by atoms with Gasteiger partial charge in [-0.1, -0.05) is 59.1 Å². The molecule has 2 aliphatic rings. The van der Waals surface area contributed by atoms with Crippen LogP contribution in [0.5, 0.6) is 0 Å². The highest BCUT2D eigenvalue weighted by Crippen LogP contribution is 2.49. The zero-order valence-corrected chi connectivity index (χ0v) is 15.8. The van der Waals surface area contributed by atoms with Crippen LogP contribution in [-0.4, -0.2) is 18.6 Å². The normalized spacial score (nSPS) is 24.0. The van der Waals surface area contributed by atoms with Crippen molar-refractivity contribution in [2.75, 3.05) is 18.6 Å². The SMILES string of the molecule is CC.CC1(C)CSCC(C)(C)C2=C1CCCCC2.CN. The summed E-state index contributed by atoms with van der Waals surface area (Å²) in [4.78, 5) is 0. The lowest BCUT2D eigenvalue weighted by Gasteiger charge is -2.32. The average Bonchev–Trinajstić information content (AvgIpc) is 2.72. The standard InChI is InChI=1S/C15H26S.C2H6.CH5N/c1-14(2)10-16-11-15(3,4)13-9-7-5-6-8-12(13)14;2*1-2/h5-11H2,1-4H3;1-2H3;2H2,1H3. The molecule has 0 amide bonds. The summed E-state index contributed by atoms with van der Waals surface area (Å²) in [6.45, 7) is 13.8. The van der Waals surface area contributed by atoms with Crippen molar-refractivity contribution in [2.24, 2.45) is 16.6 Å². The van der Waals surface area contributed by atoms with Gasteiger partial charge in [-0.05, 0) is 43.6 Å². The Labute approximate surface area is 132 Å². The van der Waals surface area contributed by atoms with Gasteiger partial charge in [0.1, 0.15) is 0 Å². The maximum Gasteiger partial charge on any atom is 0.00217 e. The van der Waals surface area contributed by atoms with E-state index in [1.54, 1.807) is 0 Å². The van der Waals surface area contributed by atoms with Crippen LogP contribution in [0, 0.1) is 10.8 Å². The summed E-state index contributed by atoms with van der Waals surface area (Å²) >= 11 is 2.16. The molecule has 0 unspecified atom stereocenters. The first-order valence-electron chi connectivity index (χ1n) is 8.32. The lowest BCUT2D eigenvalue weighted by Crippen LogP contribution is -2.21. The third-order valence-electron chi connectivity index (χ3n) is 4.28. The Morgan fingerprint density at radius 2 is 1.10 bits per heavy atom. The molecule has 0 saturated carbocycles. The molecule has 20 heavy (non-hydrogen) atoms. The van der Waals surface area contributed by atoms with E-state index in [4.69, 9.17) is 0 Å². The van der Waals surface area contributed by atoms with Gasteiger partial charge >= 0.3 is 0 Å². The molecule has 0 aromatic heterocycles. The third kappa shape index (κ3) is 5.11. The van der Waals surface area contributed by atoms with Crippen LogP contribution in [0.1, 0.15) is 73.6 Å². The van der Waals surface area contributed by atoms with Crippen molar-refractivity contribution in [1.82, 2.24) is 0 Å². The molecule has 2 N–H and O–H groups in total. The molecule has 120 valence electrons. The second-order valence-electron chi connectivity index (χ2n) is 6.78. The minimum Gasteiger partial charge on any atom is -0.333 e. The molecule has 0 bridgehead atoms. The maximum atomic E-state index is 4.50. The van der Waals surface area contributed by atoms with Crippen molar-refractivity contribution in [3.8, 4) is 0 Å². The molecular formula is C18H37NS. The Morgan fingerprint density at radius 1 is 0.750 bits per heavy atom. The molecule has 0 atom stereocenters. The van der Waals surface area contributed by atoms with Gasteiger partial charge in [0.2, 0.25) is 0 Å². The fourth-order valence-electron chi connectivity index (χ4n) is 3.31. The van der Waals surface area contributed by atoms with Crippen molar-refractivity contribution < 1.29 is 0 Å². The van der Waals surface area contributed by atoms with Crippen LogP contribution >= 0.6 is 11.8 Å². The predicted molar refractivity (Wildman–Crippen MR) is 96.5 cm³/mol. The van der Waals surface area contributed by atoms with Crippen LogP contribution in [-0.2, 0) is 0 Å². The van der Waals surface area contributed by atoms with Crippen LogP contribution in [0.3, 0.4) is 0 Å². The number of nitrogens with two attached hydrogens (primary N) is 1. The fraction of sp³-hybridized carbons (Fsp3) is 0.889. The van der Waals surface area contributed by atoms with Crippen LogP contribution in [0.15, 0.2) is 11.1 Å². The molecule has 1 heterocycles. The average molecular weight is 300 g/mol. The van der Waals surface area contributed by atoms with E-state index in [2.05, 4.69) is 45.2 Å². The maximum absolute atomic E-state index is 4.50. The summed E-state index contributed by atoms with van der Waals surface area (Å²) in [7, 11) is 1.50. The molecule has 0 saturated heterocycles. The van der Waals surface area contributed by atoms with E-state index >= 15 is 0 Å². The van der Waals surface area contributed by atoms with E-state index in [0.29, 0.717) is 10.8 Å². The molecule has 2 rings (SSSR count). The topological polar surface area (TPSA) is 26.0 Å². The highest BCUT2D eigenvalue weighted by molar-refractivity contribution is 7.99. The van der Waals surface area contributed by atoms with Gasteiger partial charge in [-0.25, -0.2) is 0 Å². The molecule has 0 fully saturated rings. The van der Waals surface area contributed by atoms with Gasteiger partial charge in [0.15, 0.2) is 0 Å². The molecule has 0 spiro atoms. The highest BCUT2D eigenvalue weighted by atomic mass is 32.2. The van der Waals surface area contributed by atoms with Gasteiger partial charge in [0, 0.05) is 11.5 Å². The van der Waals surface area contributed by atoms with Crippen molar-refractivity contribution in [1.29, 1.82) is 0 Å². The van der Waals surface area contributed by atoms with Crippen molar-refractivity contribution in [2.45, 2.75) is 73.6 Å². The summed E-state index contributed by atoms with van der Waals surface area (Å²) in [5, 5.41) is 0. The molecule has 1 aliphatic carbocycles. The molecule has 0 aromatic carbocycles. The summed E-state index contributed by atoms with van der Waals surface area (Å²) in [6.07, 6.45) is 7.01. The summed E-state index contributed by atoms with van der Waals surface area (Å²) in [5.74, 6) is 2.63. The quantitative estimate of drug-likeness (QED) is 0.585. The van der Waals surface area contributed by atoms with E-state index in [-0.39, 0.29) is 0 Å². The zero-order valence-electron chi connectivity index (χ0n) is 14.9. The second-order valence-corrected chi connectivity index (χ2v) is 7.76. The number of allylic oxidation sites excluding steroid dienone is 2. The monoisotopic (exact) mass is 299 g/mol. The van der Waals surface area contributed by atoms with E-state index in [1.165, 1.54) is 50.7 Å². The van der Waals surface area contributed by atoms with Gasteiger partial charge in [-0.2, -0.15) is 11.8 Å². The molecule has 2 heteroatoms. The summed E-state index contributed by atoms with van der Waals surface area (Å²) in [5.41, 5.74) is 9.02. The van der Waals surface area contributed by atoms with Gasteiger partial charge in [0.25, 0.3) is 0 Å². The van der Waals surface area contributed by atoms with Crippen LogP contribution in [0.2, 0.25) is 0 Å². The zero-order chi connectivity index (χ0) is 15.8. The van der Waals surface area contributed by atoms with Crippen molar-refractivity contribution in [3.63, 3.8) is 0 Å². The molecule has 0 radical (unpaired) electrons. The predicted octanol–water partition coefficient (Wildman–Crippen LogP) is 5.65. The minimum absolute atomic E-state index is 0.443. The number of hydrogen-bond acceptors (Lipinski definition) is 2. The Hall–Kier alpha value is 0.0500. The van der Waals surface area contributed by atoms with E-state index < -0.39 is 0 Å². The molecular weight excluding hydrogens is 262 g/mol. The smallest absolute Gasteiger partial charge is 0.00217 e. The summed E-state index contributed by atoms with van der Waals surface area (Å²) < 4.78 is 0. The Bertz CT molecular complexity index is 275. The first-order chi connectivity index (χ1) is 9.43. The largest absolute Gasteiger partial charge is 0.333 e. The number of rotatable bonds is 0. The van der Waals surface area contributed by atoms with Gasteiger partial charge < -0.3 is 5.73 Å². The Morgan fingerprint density at radius 3 is 1.45 bits per heavy atom. The molecule has 1 aliphatic heterocycles. The minimum atomic E-state index is 0.443. The molecule has 0 aromatic rings. The third-order valence-corrected chi connectivity index (χ3v) is 6.13. The van der Waals surface area contributed by atoms with Gasteiger partial charge in [-0.15, -0.1) is 0 Å². The van der Waals surface area contributed by atoms with Crippen LogP contribution < -0.4 is 5.73 Å². The fourth-order valence-corrected chi connectivity index (χ4v) is 4.78. The summed E-state index contributed by atoms with van der Waals surface area (Å²) in [6, 6.07) is 0. The lowest BCUT2D eigenvalue weighted by molar-refractivity contribution is 0.448. The van der Waals surface area contributed by atoms with Crippen molar-refractivity contribution >= 4 is 11.8 Å². The van der Waals surface area contributed by atoms with E-state index in [1.807, 2.05) is 25.0 Å². The van der Waals surface area contributed by atoms with Crippen LogP contribution in [0.25, 0.3) is 0 Å². The number of hydrogen-bond donors (Lipinski definition) is 1. The second kappa shape index (κ2) is 9.15. The Balaban J connectivity index is 0.000000829. The van der Waals surface area contributed by atoms with E-state index in [0.717, 1.165) is 0 Å². The van der Waals surface area contributed by atoms with Crippen LogP contribution in [0.4, 0.5) is 0 Å². The molecule has 1 nitrogen and oxygen atoms in total. The van der Waals surface area contributed by atoms with Crippen molar-refractivity contribution in [3.05, 3.63) is 11.1 Å².